The van der Waals surface area contributed by atoms with E-state index in [1.165, 1.54) is 36.9 Å². The summed E-state index contributed by atoms with van der Waals surface area (Å²) in [5.74, 6) is -1.30. The molecule has 3 rings (SSSR count). The first kappa shape index (κ1) is 15.8. The van der Waals surface area contributed by atoms with Crippen LogP contribution in [0.2, 0.25) is 0 Å². The van der Waals surface area contributed by atoms with E-state index in [0.29, 0.717) is 5.65 Å². The molecule has 0 aliphatic heterocycles. The van der Waals surface area contributed by atoms with E-state index in [-0.39, 0.29) is 11.5 Å². The van der Waals surface area contributed by atoms with Crippen molar-refractivity contribution in [2.75, 3.05) is 6.26 Å². The molecule has 118 valence electrons. The molecule has 7 heteroatoms. The van der Waals surface area contributed by atoms with Crippen molar-refractivity contribution < 1.29 is 19.1 Å². The maximum atomic E-state index is 12.6. The molecule has 0 saturated heterocycles. The lowest BCUT2D eigenvalue weighted by atomic mass is 10.2. The first-order valence-electron chi connectivity index (χ1n) is 6.89. The van der Waals surface area contributed by atoms with E-state index in [1.54, 1.807) is 4.40 Å². The maximum absolute atomic E-state index is 12.6. The number of aromatic nitrogens is 2. The highest BCUT2D eigenvalue weighted by molar-refractivity contribution is 8.00. The number of carbonyl (C=O) groups excluding carboxylic acids is 2. The summed E-state index contributed by atoms with van der Waals surface area (Å²) in [6.45, 7) is 2.67. The molecule has 0 aliphatic rings. The van der Waals surface area contributed by atoms with Crippen molar-refractivity contribution in [3.8, 4) is 16.3 Å². The number of thioether (sulfide) groups is 1. The Morgan fingerprint density at radius 2 is 1.87 bits per heavy atom. The summed E-state index contributed by atoms with van der Waals surface area (Å²) in [5.41, 5.74) is 1.40. The summed E-state index contributed by atoms with van der Waals surface area (Å²) < 4.78 is 3.50. The van der Waals surface area contributed by atoms with Gasteiger partial charge in [0.15, 0.2) is 0 Å². The molecule has 0 N–H and O–H groups in total. The minimum Gasteiger partial charge on any atom is -0.839 e. The van der Waals surface area contributed by atoms with Gasteiger partial charge in [-0.15, -0.1) is 0 Å². The fourth-order valence-corrected chi connectivity index (χ4v) is 4.49. The first-order chi connectivity index (χ1) is 11.0. The van der Waals surface area contributed by atoms with Gasteiger partial charge >= 0.3 is 11.6 Å². The van der Waals surface area contributed by atoms with Crippen LogP contribution in [0.25, 0.3) is 16.1 Å². The zero-order chi connectivity index (χ0) is 16.7. The summed E-state index contributed by atoms with van der Waals surface area (Å²) in [4.78, 5) is 24.8. The quantitative estimate of drug-likeness (QED) is 0.415. The van der Waals surface area contributed by atoms with Crippen molar-refractivity contribution in [3.63, 3.8) is 0 Å². The lowest BCUT2D eigenvalue weighted by Gasteiger charge is -2.03. The fourth-order valence-electron chi connectivity index (χ4n) is 2.57. The third kappa shape index (κ3) is 2.36. The smallest absolute Gasteiger partial charge is 0.313 e. The third-order valence-electron chi connectivity index (χ3n) is 3.49. The Hall–Kier alpha value is -2.12. The average Bonchev–Trinajstić information content (AvgIpc) is 3.01. The number of nitrogens with zero attached hydrogens (tertiary/aromatic N) is 2. The van der Waals surface area contributed by atoms with Crippen molar-refractivity contribution in [2.45, 2.75) is 18.2 Å². The molecule has 0 fully saturated rings. The fraction of sp³-hybridized carbons (Fsp3) is 0.188. The Morgan fingerprint density at radius 1 is 1.22 bits per heavy atom. The second kappa shape index (κ2) is 5.82. The van der Waals surface area contributed by atoms with Crippen LogP contribution in [0.15, 0.2) is 34.7 Å². The predicted molar refractivity (Wildman–Crippen MR) is 88.4 cm³/mol. The molecule has 0 unspecified atom stereocenters. The van der Waals surface area contributed by atoms with Crippen LogP contribution in [0.4, 0.5) is 0 Å². The molecule has 2 aromatic heterocycles. The minimum atomic E-state index is -0.555. The number of hydrogen-bond donors (Lipinski definition) is 0. The Morgan fingerprint density at radius 3 is 2.39 bits per heavy atom. The highest BCUT2D eigenvalue weighted by Crippen LogP contribution is 2.36. The molecular formula is C16H14N2O3S2. The van der Waals surface area contributed by atoms with E-state index in [0.717, 1.165) is 19.3 Å². The molecular weight excluding hydrogens is 332 g/mol. The summed E-state index contributed by atoms with van der Waals surface area (Å²) in [6, 6.07) is 9.54. The van der Waals surface area contributed by atoms with Gasteiger partial charge in [0.2, 0.25) is 15.8 Å². The van der Waals surface area contributed by atoms with Gasteiger partial charge in [-0.2, -0.15) is 8.97 Å². The van der Waals surface area contributed by atoms with Crippen molar-refractivity contribution >= 4 is 40.4 Å². The topological polar surface area (TPSA) is 66.2 Å². The number of Topliss-reactive ketones (excluding diaryl/α,β-unsaturated/α-hetero) is 1. The molecule has 0 spiro atoms. The maximum Gasteiger partial charge on any atom is 0.313 e. The van der Waals surface area contributed by atoms with Crippen molar-refractivity contribution in [1.82, 2.24) is 4.57 Å². The summed E-state index contributed by atoms with van der Waals surface area (Å²) >= 11 is 2.91. The second-order valence-corrected chi connectivity index (χ2v) is 7.04. The van der Waals surface area contributed by atoms with Crippen molar-refractivity contribution in [2.24, 2.45) is 0 Å². The van der Waals surface area contributed by atoms with Crippen molar-refractivity contribution in [3.05, 3.63) is 36.0 Å². The molecule has 5 nitrogen and oxygen atoms in total. The first-order valence-corrected chi connectivity index (χ1v) is 8.93. The molecule has 3 aromatic rings. The van der Waals surface area contributed by atoms with Gasteiger partial charge in [-0.1, -0.05) is 53.4 Å². The molecule has 2 heterocycles. The molecule has 1 aromatic carbocycles. The van der Waals surface area contributed by atoms with Crippen LogP contribution in [-0.2, 0) is 0 Å². The number of imidazole rings is 1. The molecule has 0 radical (unpaired) electrons. The van der Waals surface area contributed by atoms with Gasteiger partial charge < -0.3 is 5.11 Å². The highest BCUT2D eigenvalue weighted by Gasteiger charge is 2.33. The average molecular weight is 346 g/mol. The predicted octanol–water partition coefficient (Wildman–Crippen LogP) is 2.61. The Bertz CT molecular complexity index is 926. The normalized spacial score (nSPS) is 11.1. The number of rotatable bonds is 3. The van der Waals surface area contributed by atoms with E-state index < -0.39 is 11.8 Å². The zero-order valence-electron chi connectivity index (χ0n) is 12.8. The molecule has 23 heavy (non-hydrogen) atoms. The summed E-state index contributed by atoms with van der Waals surface area (Å²) in [6.07, 6.45) is 1.88. The Balaban J connectivity index is 2.51. The monoisotopic (exact) mass is 346 g/mol. The van der Waals surface area contributed by atoms with E-state index in [2.05, 4.69) is 0 Å². The lowest BCUT2D eigenvalue weighted by Crippen LogP contribution is -2.27. The summed E-state index contributed by atoms with van der Waals surface area (Å²) in [5, 5.41) is 12.6. The molecule has 0 bridgehead atoms. The molecule has 0 atom stereocenters. The van der Waals surface area contributed by atoms with E-state index in [1.807, 2.05) is 36.6 Å². The van der Waals surface area contributed by atoms with Gasteiger partial charge in [0.05, 0.1) is 0 Å². The SMILES string of the molecule is CSc1sc(-c2ccccc2)c2n(C(C)=O)c([O-])c(C(C)=O)[n+]12. The highest BCUT2D eigenvalue weighted by atomic mass is 32.2. The number of hydrogen-bond acceptors (Lipinski definition) is 5. The third-order valence-corrected chi connectivity index (χ3v) is 5.75. The minimum absolute atomic E-state index is 0.0259. The van der Waals surface area contributed by atoms with Crippen LogP contribution in [-0.4, -0.2) is 22.5 Å². The zero-order valence-corrected chi connectivity index (χ0v) is 14.5. The molecule has 0 saturated carbocycles. The number of benzene rings is 1. The van der Waals surface area contributed by atoms with Gasteiger partial charge in [-0.3, -0.25) is 4.79 Å². The van der Waals surface area contributed by atoms with Crippen LogP contribution >= 0.6 is 23.1 Å². The number of fused-ring (bicyclic) bond motifs is 1. The van der Waals surface area contributed by atoms with Crippen LogP contribution in [0.3, 0.4) is 0 Å². The molecule has 0 amide bonds. The van der Waals surface area contributed by atoms with Gasteiger partial charge in [0.25, 0.3) is 0 Å². The van der Waals surface area contributed by atoms with Gasteiger partial charge in [-0.25, -0.2) is 4.79 Å². The second-order valence-electron chi connectivity index (χ2n) is 4.99. The lowest BCUT2D eigenvalue weighted by molar-refractivity contribution is -0.550. The summed E-state index contributed by atoms with van der Waals surface area (Å²) in [7, 11) is 0. The number of carbonyl (C=O) groups is 2. The van der Waals surface area contributed by atoms with Crippen molar-refractivity contribution in [1.29, 1.82) is 0 Å². The van der Waals surface area contributed by atoms with Gasteiger partial charge in [-0.05, 0) is 6.26 Å². The van der Waals surface area contributed by atoms with Gasteiger partial charge in [0, 0.05) is 19.4 Å². The Kier molecular flexibility index (Phi) is 3.99. The van der Waals surface area contributed by atoms with E-state index in [9.17, 15) is 14.7 Å². The van der Waals surface area contributed by atoms with Crippen LogP contribution in [0.5, 0.6) is 5.88 Å². The largest absolute Gasteiger partial charge is 0.839 e. The standard InChI is InChI=1S/C16H14N2O3S2/c1-9(19)12-15(21)17(10(2)20)14-13(11-7-5-4-6-8-11)23-16(22-3)18(12)14/h4-8H,1-3H3. The molecule has 0 aliphatic carbocycles. The van der Waals surface area contributed by atoms with Crippen LogP contribution < -0.4 is 9.51 Å². The Labute approximate surface area is 141 Å². The van der Waals surface area contributed by atoms with E-state index in [4.69, 9.17) is 0 Å². The number of thiazole rings is 1. The number of ketones is 1. The van der Waals surface area contributed by atoms with Crippen LogP contribution in [0.1, 0.15) is 29.1 Å². The van der Waals surface area contributed by atoms with Crippen LogP contribution in [0, 0.1) is 0 Å². The van der Waals surface area contributed by atoms with Gasteiger partial charge in [0.1, 0.15) is 10.8 Å². The van der Waals surface area contributed by atoms with E-state index >= 15 is 0 Å².